The Morgan fingerprint density at radius 2 is 1.71 bits per heavy atom. The van der Waals surface area contributed by atoms with Crippen molar-refractivity contribution in [2.75, 3.05) is 7.05 Å². The molecular weight excluding hydrogens is 206 g/mol. The lowest BCUT2D eigenvalue weighted by atomic mass is 9.71. The molecule has 0 spiro atoms. The van der Waals surface area contributed by atoms with Gasteiger partial charge in [-0.15, -0.1) is 0 Å². The van der Waals surface area contributed by atoms with Crippen molar-refractivity contribution in [3.63, 3.8) is 0 Å². The molecule has 102 valence electrons. The van der Waals surface area contributed by atoms with Crippen molar-refractivity contribution in [1.29, 1.82) is 0 Å². The molecule has 1 aliphatic rings. The van der Waals surface area contributed by atoms with Gasteiger partial charge in [-0.3, -0.25) is 0 Å². The van der Waals surface area contributed by atoms with Crippen LogP contribution in [0.4, 0.5) is 0 Å². The third-order valence-electron chi connectivity index (χ3n) is 4.68. The smallest absolute Gasteiger partial charge is 0.0118 e. The predicted octanol–water partition coefficient (Wildman–Crippen LogP) is 4.47. The lowest BCUT2D eigenvalue weighted by Crippen LogP contribution is -2.42. The van der Waals surface area contributed by atoms with Crippen LogP contribution in [0.3, 0.4) is 0 Å². The summed E-state index contributed by atoms with van der Waals surface area (Å²) < 4.78 is 0. The number of unbranched alkanes of at least 4 members (excludes halogenated alkanes) is 1. The number of rotatable bonds is 6. The normalized spacial score (nSPS) is 33.4. The van der Waals surface area contributed by atoms with Crippen LogP contribution in [0.5, 0.6) is 0 Å². The van der Waals surface area contributed by atoms with Crippen LogP contribution in [0.1, 0.15) is 66.2 Å². The first-order valence-electron chi connectivity index (χ1n) is 7.75. The fourth-order valence-corrected chi connectivity index (χ4v) is 3.99. The second-order valence-electron chi connectivity index (χ2n) is 6.61. The van der Waals surface area contributed by atoms with Crippen molar-refractivity contribution in [2.45, 2.75) is 72.3 Å². The molecule has 0 radical (unpaired) electrons. The van der Waals surface area contributed by atoms with E-state index in [2.05, 4.69) is 40.1 Å². The second kappa shape index (κ2) is 7.41. The quantitative estimate of drug-likeness (QED) is 0.721. The SMILES string of the molecule is CCCCC(C)C(NC)C1CC(C)CC(C)C1. The van der Waals surface area contributed by atoms with E-state index in [0.717, 1.165) is 29.7 Å². The van der Waals surface area contributed by atoms with Gasteiger partial charge in [0.1, 0.15) is 0 Å². The molecule has 1 nitrogen and oxygen atoms in total. The zero-order valence-corrected chi connectivity index (χ0v) is 12.6. The Bertz CT molecular complexity index is 192. The van der Waals surface area contributed by atoms with Gasteiger partial charge in [0.15, 0.2) is 0 Å². The summed E-state index contributed by atoms with van der Waals surface area (Å²) in [4.78, 5) is 0. The Balaban J connectivity index is 2.53. The molecule has 1 heteroatoms. The molecule has 4 unspecified atom stereocenters. The van der Waals surface area contributed by atoms with Crippen molar-refractivity contribution in [1.82, 2.24) is 5.32 Å². The van der Waals surface area contributed by atoms with E-state index in [-0.39, 0.29) is 0 Å². The van der Waals surface area contributed by atoms with Crippen LogP contribution in [0, 0.1) is 23.7 Å². The third-order valence-corrected chi connectivity index (χ3v) is 4.68. The highest BCUT2D eigenvalue weighted by atomic mass is 14.9. The molecule has 1 saturated carbocycles. The Kier molecular flexibility index (Phi) is 6.54. The summed E-state index contributed by atoms with van der Waals surface area (Å²) in [6.45, 7) is 9.62. The van der Waals surface area contributed by atoms with E-state index in [4.69, 9.17) is 0 Å². The molecule has 17 heavy (non-hydrogen) atoms. The number of nitrogens with one attached hydrogen (secondary N) is 1. The Hall–Kier alpha value is -0.0400. The zero-order valence-electron chi connectivity index (χ0n) is 12.6. The topological polar surface area (TPSA) is 12.0 Å². The summed E-state index contributed by atoms with van der Waals surface area (Å²) in [5.74, 6) is 3.60. The van der Waals surface area contributed by atoms with Crippen molar-refractivity contribution >= 4 is 0 Å². The average Bonchev–Trinajstić information content (AvgIpc) is 2.26. The monoisotopic (exact) mass is 239 g/mol. The largest absolute Gasteiger partial charge is 0.316 e. The predicted molar refractivity (Wildman–Crippen MR) is 77.2 cm³/mol. The van der Waals surface area contributed by atoms with E-state index in [9.17, 15) is 0 Å². The van der Waals surface area contributed by atoms with E-state index in [0.29, 0.717) is 0 Å². The molecular formula is C16H33N. The fraction of sp³-hybridized carbons (Fsp3) is 1.00. The molecule has 0 bridgehead atoms. The van der Waals surface area contributed by atoms with Crippen molar-refractivity contribution < 1.29 is 0 Å². The van der Waals surface area contributed by atoms with Gasteiger partial charge in [-0.25, -0.2) is 0 Å². The van der Waals surface area contributed by atoms with Crippen LogP contribution in [0.15, 0.2) is 0 Å². The Morgan fingerprint density at radius 3 is 2.18 bits per heavy atom. The zero-order chi connectivity index (χ0) is 12.8. The van der Waals surface area contributed by atoms with Crippen LogP contribution >= 0.6 is 0 Å². The van der Waals surface area contributed by atoms with E-state index in [1.165, 1.54) is 38.5 Å². The van der Waals surface area contributed by atoms with Crippen LogP contribution < -0.4 is 5.32 Å². The van der Waals surface area contributed by atoms with Crippen molar-refractivity contribution in [3.8, 4) is 0 Å². The highest BCUT2D eigenvalue weighted by molar-refractivity contribution is 4.86. The molecule has 0 aromatic carbocycles. The highest BCUT2D eigenvalue weighted by Gasteiger charge is 2.31. The molecule has 0 aromatic rings. The summed E-state index contributed by atoms with van der Waals surface area (Å²) in [5, 5.41) is 3.62. The molecule has 4 atom stereocenters. The minimum absolute atomic E-state index is 0.742. The average molecular weight is 239 g/mol. The molecule has 0 heterocycles. The van der Waals surface area contributed by atoms with Gasteiger partial charge in [0, 0.05) is 6.04 Å². The van der Waals surface area contributed by atoms with Gasteiger partial charge in [0.25, 0.3) is 0 Å². The maximum Gasteiger partial charge on any atom is 0.0118 e. The minimum atomic E-state index is 0.742. The molecule has 0 saturated heterocycles. The standard InChI is InChI=1S/C16H33N/c1-6-7-8-14(4)16(17-5)15-10-12(2)9-13(3)11-15/h12-17H,6-11H2,1-5H3. The Morgan fingerprint density at radius 1 is 1.12 bits per heavy atom. The fourth-order valence-electron chi connectivity index (χ4n) is 3.99. The lowest BCUT2D eigenvalue weighted by Gasteiger charge is -2.39. The Labute approximate surface area is 109 Å². The molecule has 1 N–H and O–H groups in total. The van der Waals surface area contributed by atoms with Gasteiger partial charge in [0.2, 0.25) is 0 Å². The molecule has 1 rings (SSSR count). The molecule has 0 aromatic heterocycles. The van der Waals surface area contributed by atoms with E-state index in [1.54, 1.807) is 0 Å². The first-order chi connectivity index (χ1) is 8.08. The second-order valence-corrected chi connectivity index (χ2v) is 6.61. The first kappa shape index (κ1) is 15.0. The summed E-state index contributed by atoms with van der Waals surface area (Å²) in [6, 6.07) is 0.742. The van der Waals surface area contributed by atoms with Crippen LogP contribution in [0.25, 0.3) is 0 Å². The molecule has 0 aliphatic heterocycles. The van der Waals surface area contributed by atoms with Crippen LogP contribution in [0.2, 0.25) is 0 Å². The van der Waals surface area contributed by atoms with Gasteiger partial charge >= 0.3 is 0 Å². The molecule has 0 amide bonds. The third kappa shape index (κ3) is 4.62. The summed E-state index contributed by atoms with van der Waals surface area (Å²) in [5.41, 5.74) is 0. The van der Waals surface area contributed by atoms with Gasteiger partial charge in [-0.05, 0) is 56.4 Å². The van der Waals surface area contributed by atoms with Gasteiger partial charge in [-0.2, -0.15) is 0 Å². The molecule has 1 fully saturated rings. The van der Waals surface area contributed by atoms with Gasteiger partial charge in [-0.1, -0.05) is 40.5 Å². The maximum atomic E-state index is 3.62. The first-order valence-corrected chi connectivity index (χ1v) is 7.75. The molecule has 1 aliphatic carbocycles. The van der Waals surface area contributed by atoms with Crippen LogP contribution in [-0.4, -0.2) is 13.1 Å². The van der Waals surface area contributed by atoms with Gasteiger partial charge in [0.05, 0.1) is 0 Å². The summed E-state index contributed by atoms with van der Waals surface area (Å²) in [6.07, 6.45) is 8.42. The number of hydrogen-bond donors (Lipinski definition) is 1. The highest BCUT2D eigenvalue weighted by Crippen LogP contribution is 2.37. The van der Waals surface area contributed by atoms with E-state index >= 15 is 0 Å². The van der Waals surface area contributed by atoms with Crippen molar-refractivity contribution in [3.05, 3.63) is 0 Å². The van der Waals surface area contributed by atoms with E-state index in [1.807, 2.05) is 0 Å². The lowest BCUT2D eigenvalue weighted by molar-refractivity contribution is 0.148. The minimum Gasteiger partial charge on any atom is -0.316 e. The van der Waals surface area contributed by atoms with Gasteiger partial charge < -0.3 is 5.32 Å². The maximum absolute atomic E-state index is 3.62. The summed E-state index contributed by atoms with van der Waals surface area (Å²) >= 11 is 0. The van der Waals surface area contributed by atoms with Crippen LogP contribution in [-0.2, 0) is 0 Å². The summed E-state index contributed by atoms with van der Waals surface area (Å²) in [7, 11) is 2.16. The number of hydrogen-bond acceptors (Lipinski definition) is 1. The van der Waals surface area contributed by atoms with Crippen molar-refractivity contribution in [2.24, 2.45) is 23.7 Å². The van der Waals surface area contributed by atoms with E-state index < -0.39 is 0 Å².